The van der Waals surface area contributed by atoms with Crippen molar-refractivity contribution >= 4 is 48.9 Å². The van der Waals surface area contributed by atoms with Gasteiger partial charge in [0.1, 0.15) is 40.4 Å². The molecule has 34 heavy (non-hydrogen) atoms. The van der Waals surface area contributed by atoms with Gasteiger partial charge in [0.2, 0.25) is 0 Å². The Morgan fingerprint density at radius 3 is 2.62 bits per heavy atom. The Balaban J connectivity index is 1.59. The van der Waals surface area contributed by atoms with Crippen LogP contribution in [-0.2, 0) is 21.7 Å². The Morgan fingerprint density at radius 2 is 1.94 bits per heavy atom. The largest absolute Gasteiger partial charge is 0.493 e. The van der Waals surface area contributed by atoms with E-state index in [-0.39, 0.29) is 17.9 Å². The van der Waals surface area contributed by atoms with Crippen LogP contribution in [0.4, 0.5) is 0 Å². The minimum atomic E-state index is -4.62. The van der Waals surface area contributed by atoms with Gasteiger partial charge in [0.15, 0.2) is 11.5 Å². The second-order valence-corrected chi connectivity index (χ2v) is 10.3. The van der Waals surface area contributed by atoms with Crippen LogP contribution in [0.1, 0.15) is 36.1 Å². The van der Waals surface area contributed by atoms with Crippen LogP contribution in [0.2, 0.25) is 0 Å². The van der Waals surface area contributed by atoms with Crippen LogP contribution < -0.4 is 13.7 Å². The smallest absolute Gasteiger partial charge is 0.446 e. The number of carbonyl (C=O) groups is 1. The summed E-state index contributed by atoms with van der Waals surface area (Å²) in [6, 6.07) is 7.67. The second-order valence-electron chi connectivity index (χ2n) is 8.19. The van der Waals surface area contributed by atoms with Crippen LogP contribution in [0.25, 0.3) is 21.2 Å². The molecule has 0 atom stereocenters. The first kappa shape index (κ1) is 23.8. The zero-order valence-electron chi connectivity index (χ0n) is 18.6. The summed E-state index contributed by atoms with van der Waals surface area (Å²) in [5.41, 5.74) is 0.655. The van der Waals surface area contributed by atoms with E-state index < -0.39 is 22.0 Å². The van der Waals surface area contributed by atoms with Crippen LogP contribution in [0, 0.1) is 0 Å². The fourth-order valence-corrected chi connectivity index (χ4v) is 4.38. The molecule has 10 nitrogen and oxygen atoms in total. The molecule has 12 heteroatoms. The lowest BCUT2D eigenvalue weighted by molar-refractivity contribution is 0.00708. The number of nitrogens with zero attached hydrogens (tertiary/aromatic N) is 1. The molecular weight excluding hydrogens is 486 g/mol. The number of fused-ring (bicyclic) bond motifs is 2. The van der Waals surface area contributed by atoms with Crippen LogP contribution in [-0.4, -0.2) is 36.6 Å². The number of hydrogen-bond acceptors (Lipinski definition) is 10. The maximum atomic E-state index is 12.6. The highest BCUT2D eigenvalue weighted by molar-refractivity contribution is 7.81. The van der Waals surface area contributed by atoms with Crippen molar-refractivity contribution in [3.05, 3.63) is 47.2 Å². The Kier molecular flexibility index (Phi) is 6.14. The van der Waals surface area contributed by atoms with Gasteiger partial charge < -0.3 is 22.8 Å². The number of furan rings is 1. The number of hydrogen-bond donors (Lipinski definition) is 1. The third-order valence-corrected chi connectivity index (χ3v) is 5.83. The molecule has 0 bridgehead atoms. The predicted molar refractivity (Wildman–Crippen MR) is 124 cm³/mol. The van der Waals surface area contributed by atoms with Crippen LogP contribution in [0.3, 0.4) is 0 Å². The van der Waals surface area contributed by atoms with E-state index in [4.69, 9.17) is 23.2 Å². The molecule has 0 spiro atoms. The van der Waals surface area contributed by atoms with Gasteiger partial charge in [-0.2, -0.15) is 8.42 Å². The molecular formula is C22H21NO9S2. The summed E-state index contributed by atoms with van der Waals surface area (Å²) in [4.78, 5) is 17.0. The molecule has 0 fully saturated rings. The van der Waals surface area contributed by atoms with Crippen molar-refractivity contribution in [3.63, 3.8) is 0 Å². The normalized spacial score (nSPS) is 12.1. The van der Waals surface area contributed by atoms with E-state index in [1.807, 2.05) is 0 Å². The van der Waals surface area contributed by atoms with Gasteiger partial charge in [0.25, 0.3) is 0 Å². The summed E-state index contributed by atoms with van der Waals surface area (Å²) in [6.45, 7) is 5.41. The number of rotatable bonds is 7. The minimum absolute atomic E-state index is 0.0344. The standard InChI is InChI=1S/C22H21NO9S2/c1-22(2,3)31-21(24)14-10-29-16-9-17(28-4)18(8-13(14)16)30-11-20-23-15-6-5-12(7-19(15)33-20)32-34(25,26)27/h5-10H,11H2,1-4H3,(H,25,26,27). The summed E-state index contributed by atoms with van der Waals surface area (Å²) in [7, 11) is -3.13. The molecule has 0 aliphatic carbocycles. The van der Waals surface area contributed by atoms with E-state index in [0.29, 0.717) is 37.7 Å². The molecule has 0 saturated carbocycles. The average Bonchev–Trinajstić information content (AvgIpc) is 3.31. The van der Waals surface area contributed by atoms with Crippen molar-refractivity contribution in [2.24, 2.45) is 0 Å². The number of carbonyl (C=O) groups excluding carboxylic acids is 1. The molecule has 0 aliphatic rings. The van der Waals surface area contributed by atoms with Gasteiger partial charge in [-0.25, -0.2) is 9.78 Å². The highest BCUT2D eigenvalue weighted by Gasteiger charge is 2.23. The number of ether oxygens (including phenoxy) is 3. The molecule has 0 aliphatic heterocycles. The van der Waals surface area contributed by atoms with E-state index in [0.717, 1.165) is 0 Å². The van der Waals surface area contributed by atoms with Gasteiger partial charge in [0, 0.05) is 17.5 Å². The highest BCUT2D eigenvalue weighted by atomic mass is 32.3. The third-order valence-electron chi connectivity index (χ3n) is 4.44. The zero-order valence-corrected chi connectivity index (χ0v) is 20.3. The Labute approximate surface area is 199 Å². The predicted octanol–water partition coefficient (Wildman–Crippen LogP) is 4.77. The van der Waals surface area contributed by atoms with Crippen molar-refractivity contribution in [1.29, 1.82) is 0 Å². The van der Waals surface area contributed by atoms with Gasteiger partial charge in [-0.3, -0.25) is 4.55 Å². The Morgan fingerprint density at radius 1 is 1.18 bits per heavy atom. The molecule has 0 unspecified atom stereocenters. The van der Waals surface area contributed by atoms with Crippen molar-refractivity contribution in [1.82, 2.24) is 4.98 Å². The molecule has 180 valence electrons. The van der Waals surface area contributed by atoms with E-state index >= 15 is 0 Å². The van der Waals surface area contributed by atoms with Gasteiger partial charge >= 0.3 is 16.4 Å². The van der Waals surface area contributed by atoms with Gasteiger partial charge in [-0.15, -0.1) is 11.3 Å². The first-order valence-corrected chi connectivity index (χ1v) is 12.1. The molecule has 2 aromatic carbocycles. The first-order valence-electron chi connectivity index (χ1n) is 9.93. The minimum Gasteiger partial charge on any atom is -0.493 e. The monoisotopic (exact) mass is 507 g/mol. The quantitative estimate of drug-likeness (QED) is 0.275. The van der Waals surface area contributed by atoms with Gasteiger partial charge in [-0.1, -0.05) is 0 Å². The van der Waals surface area contributed by atoms with Crippen molar-refractivity contribution in [2.75, 3.05) is 7.11 Å². The van der Waals surface area contributed by atoms with Crippen molar-refractivity contribution in [2.45, 2.75) is 33.0 Å². The lowest BCUT2D eigenvalue weighted by Gasteiger charge is -2.19. The van der Waals surface area contributed by atoms with Crippen molar-refractivity contribution in [3.8, 4) is 17.2 Å². The lowest BCUT2D eigenvalue weighted by atomic mass is 10.1. The Bertz CT molecular complexity index is 1480. The summed E-state index contributed by atoms with van der Waals surface area (Å²) in [5.74, 6) is 0.225. The molecule has 0 amide bonds. The lowest BCUT2D eigenvalue weighted by Crippen LogP contribution is -2.23. The molecule has 2 heterocycles. The topological polar surface area (TPSA) is 134 Å². The zero-order chi connectivity index (χ0) is 24.7. The molecule has 0 saturated heterocycles. The van der Waals surface area contributed by atoms with Crippen LogP contribution >= 0.6 is 11.3 Å². The maximum Gasteiger partial charge on any atom is 0.446 e. The molecule has 2 aromatic heterocycles. The van der Waals surface area contributed by atoms with E-state index in [9.17, 15) is 13.2 Å². The summed E-state index contributed by atoms with van der Waals surface area (Å²) < 4.78 is 58.1. The number of benzene rings is 2. The molecule has 0 radical (unpaired) electrons. The number of esters is 1. The summed E-state index contributed by atoms with van der Waals surface area (Å²) in [6.07, 6.45) is 1.34. The SMILES string of the molecule is COc1cc2occ(C(=O)OC(C)(C)C)c2cc1OCc1nc2ccc(OS(=O)(=O)O)cc2s1. The van der Waals surface area contributed by atoms with Gasteiger partial charge in [0.05, 0.1) is 17.3 Å². The van der Waals surface area contributed by atoms with Crippen molar-refractivity contribution < 1.29 is 40.6 Å². The maximum absolute atomic E-state index is 12.6. The van der Waals surface area contributed by atoms with Crippen LogP contribution in [0.5, 0.6) is 17.2 Å². The van der Waals surface area contributed by atoms with E-state index in [1.165, 1.54) is 36.8 Å². The van der Waals surface area contributed by atoms with Gasteiger partial charge in [-0.05, 0) is 39.0 Å². The van der Waals surface area contributed by atoms with E-state index in [1.54, 1.807) is 39.0 Å². The molecule has 4 aromatic rings. The Hall–Kier alpha value is -3.35. The third kappa shape index (κ3) is 5.41. The molecule has 4 rings (SSSR count). The number of methoxy groups -OCH3 is 1. The fraction of sp³-hybridized carbons (Fsp3) is 0.273. The molecule has 1 N–H and O–H groups in total. The van der Waals surface area contributed by atoms with Crippen LogP contribution in [0.15, 0.2) is 41.0 Å². The number of aromatic nitrogens is 1. The highest BCUT2D eigenvalue weighted by Crippen LogP contribution is 2.36. The first-order chi connectivity index (χ1) is 15.9. The summed E-state index contributed by atoms with van der Waals surface area (Å²) >= 11 is 1.26. The second kappa shape index (κ2) is 8.78. The number of thiazole rings is 1. The average molecular weight is 508 g/mol. The fourth-order valence-electron chi connectivity index (χ4n) is 3.13. The summed E-state index contributed by atoms with van der Waals surface area (Å²) in [5, 5.41) is 1.11. The van der Waals surface area contributed by atoms with E-state index in [2.05, 4.69) is 9.17 Å².